The van der Waals surface area contributed by atoms with Gasteiger partial charge in [0, 0.05) is 19.6 Å². The van der Waals surface area contributed by atoms with Crippen LogP contribution in [0.1, 0.15) is 24.0 Å². The van der Waals surface area contributed by atoms with Gasteiger partial charge in [0.25, 0.3) is 0 Å². The van der Waals surface area contributed by atoms with Crippen LogP contribution in [0.3, 0.4) is 0 Å². The third-order valence-electron chi connectivity index (χ3n) is 3.75. The van der Waals surface area contributed by atoms with Gasteiger partial charge in [0.05, 0.1) is 7.11 Å². The predicted octanol–water partition coefficient (Wildman–Crippen LogP) is 3.05. The molecule has 0 aromatic heterocycles. The number of nitrogens with zero attached hydrogens (tertiary/aromatic N) is 1. The van der Waals surface area contributed by atoms with Gasteiger partial charge < -0.3 is 15.4 Å². The smallest absolute Gasteiger partial charge is 0.191 e. The van der Waals surface area contributed by atoms with Crippen molar-refractivity contribution in [2.45, 2.75) is 32.2 Å². The fourth-order valence-electron chi connectivity index (χ4n) is 2.47. The van der Waals surface area contributed by atoms with E-state index >= 15 is 0 Å². The normalized spacial score (nSPS) is 14.6. The number of rotatable bonds is 5. The number of ether oxygens (including phenoxy) is 1. The molecule has 0 spiro atoms. The Morgan fingerprint density at radius 1 is 1.32 bits per heavy atom. The summed E-state index contributed by atoms with van der Waals surface area (Å²) in [6.45, 7) is 2.91. The van der Waals surface area contributed by atoms with Crippen molar-refractivity contribution >= 4 is 29.9 Å². The van der Waals surface area contributed by atoms with E-state index in [0.29, 0.717) is 6.04 Å². The molecule has 22 heavy (non-hydrogen) atoms. The summed E-state index contributed by atoms with van der Waals surface area (Å²) in [4.78, 5) is 4.27. The van der Waals surface area contributed by atoms with Crippen molar-refractivity contribution in [1.29, 1.82) is 0 Å². The first-order valence-corrected chi connectivity index (χ1v) is 7.48. The van der Waals surface area contributed by atoms with Crippen LogP contribution >= 0.6 is 24.0 Å². The molecule has 1 aromatic rings. The van der Waals surface area contributed by atoms with Crippen molar-refractivity contribution in [3.63, 3.8) is 0 Å². The van der Waals surface area contributed by atoms with Crippen LogP contribution in [0.15, 0.2) is 35.3 Å². The summed E-state index contributed by atoms with van der Waals surface area (Å²) in [6, 6.07) is 6.84. The van der Waals surface area contributed by atoms with E-state index in [1.54, 1.807) is 7.11 Å². The Morgan fingerprint density at radius 2 is 2.05 bits per heavy atom. The van der Waals surface area contributed by atoms with Gasteiger partial charge in [-0.15, -0.1) is 24.0 Å². The lowest BCUT2D eigenvalue weighted by Crippen LogP contribution is -2.43. The first-order valence-electron chi connectivity index (χ1n) is 7.48. The van der Waals surface area contributed by atoms with Crippen molar-refractivity contribution in [3.8, 4) is 5.75 Å². The van der Waals surface area contributed by atoms with Gasteiger partial charge in [-0.25, -0.2) is 0 Å². The number of aliphatic imine (C=N–C) groups is 1. The van der Waals surface area contributed by atoms with E-state index in [1.807, 2.05) is 7.05 Å². The molecule has 0 radical (unpaired) electrons. The van der Waals surface area contributed by atoms with Gasteiger partial charge in [-0.05, 0) is 43.4 Å². The van der Waals surface area contributed by atoms with Crippen LogP contribution in [0.25, 0.3) is 0 Å². The van der Waals surface area contributed by atoms with Crippen molar-refractivity contribution in [2.75, 3.05) is 20.7 Å². The van der Waals surface area contributed by atoms with Crippen molar-refractivity contribution < 1.29 is 4.74 Å². The molecule has 0 amide bonds. The molecule has 1 aliphatic carbocycles. The Labute approximate surface area is 150 Å². The van der Waals surface area contributed by atoms with E-state index in [0.717, 1.165) is 37.5 Å². The summed E-state index contributed by atoms with van der Waals surface area (Å²) in [5, 5.41) is 6.80. The molecule has 0 bridgehead atoms. The summed E-state index contributed by atoms with van der Waals surface area (Å²) >= 11 is 0. The standard InChI is InChI=1S/C17H25N3O.HI/c1-13-8-9-14(12-16(13)21-3)10-11-19-17(18-2)20-15-6-4-5-7-15;/h4-5,8-9,12,15H,6-7,10-11H2,1-3H3,(H2,18,19,20);1H. The first kappa shape index (κ1) is 18.8. The quantitative estimate of drug-likeness (QED) is 0.336. The van der Waals surface area contributed by atoms with Gasteiger partial charge in [0.2, 0.25) is 0 Å². The summed E-state index contributed by atoms with van der Waals surface area (Å²) in [6.07, 6.45) is 7.53. The van der Waals surface area contributed by atoms with Crippen LogP contribution in [0.4, 0.5) is 0 Å². The lowest BCUT2D eigenvalue weighted by atomic mass is 10.1. The number of benzene rings is 1. The topological polar surface area (TPSA) is 45.7 Å². The molecule has 2 rings (SSSR count). The van der Waals surface area contributed by atoms with Gasteiger partial charge in [-0.1, -0.05) is 24.3 Å². The van der Waals surface area contributed by atoms with E-state index < -0.39 is 0 Å². The number of hydrogen-bond donors (Lipinski definition) is 2. The summed E-state index contributed by atoms with van der Waals surface area (Å²) in [7, 11) is 3.53. The Kier molecular flexibility index (Phi) is 8.30. The molecular weight excluding hydrogens is 389 g/mol. The van der Waals surface area contributed by atoms with Crippen LogP contribution in [-0.2, 0) is 6.42 Å². The number of aryl methyl sites for hydroxylation is 1. The maximum absolute atomic E-state index is 5.36. The third kappa shape index (κ3) is 5.51. The molecular formula is C17H26IN3O. The number of halogens is 1. The summed E-state index contributed by atoms with van der Waals surface area (Å²) in [5.41, 5.74) is 2.43. The van der Waals surface area contributed by atoms with Gasteiger partial charge >= 0.3 is 0 Å². The second-order valence-corrected chi connectivity index (χ2v) is 5.34. The summed E-state index contributed by atoms with van der Waals surface area (Å²) < 4.78 is 5.36. The monoisotopic (exact) mass is 415 g/mol. The van der Waals surface area contributed by atoms with Crippen LogP contribution < -0.4 is 15.4 Å². The van der Waals surface area contributed by atoms with E-state index in [9.17, 15) is 0 Å². The second-order valence-electron chi connectivity index (χ2n) is 5.34. The minimum absolute atomic E-state index is 0. The van der Waals surface area contributed by atoms with Gasteiger partial charge in [-0.2, -0.15) is 0 Å². The lowest BCUT2D eigenvalue weighted by molar-refractivity contribution is 0.411. The first-order chi connectivity index (χ1) is 10.2. The van der Waals surface area contributed by atoms with Gasteiger partial charge in [0.15, 0.2) is 5.96 Å². The van der Waals surface area contributed by atoms with Gasteiger partial charge in [0.1, 0.15) is 5.75 Å². The number of guanidine groups is 1. The molecule has 0 atom stereocenters. The SMILES string of the molecule is CN=C(NCCc1ccc(C)c(OC)c1)NC1CC=CC1.I. The van der Waals surface area contributed by atoms with Crippen LogP contribution in [0.2, 0.25) is 0 Å². The fourth-order valence-corrected chi connectivity index (χ4v) is 2.47. The zero-order valence-corrected chi connectivity index (χ0v) is 15.9. The minimum atomic E-state index is 0. The van der Waals surface area contributed by atoms with Crippen molar-refractivity contribution in [1.82, 2.24) is 10.6 Å². The third-order valence-corrected chi connectivity index (χ3v) is 3.75. The number of methoxy groups -OCH3 is 1. The van der Waals surface area contributed by atoms with Crippen molar-refractivity contribution in [3.05, 3.63) is 41.5 Å². The minimum Gasteiger partial charge on any atom is -0.496 e. The molecule has 0 saturated heterocycles. The molecule has 5 heteroatoms. The molecule has 1 aromatic carbocycles. The molecule has 0 unspecified atom stereocenters. The Morgan fingerprint density at radius 3 is 2.68 bits per heavy atom. The highest BCUT2D eigenvalue weighted by atomic mass is 127. The molecule has 0 heterocycles. The predicted molar refractivity (Wildman–Crippen MR) is 104 cm³/mol. The molecule has 0 aliphatic heterocycles. The van der Waals surface area contributed by atoms with Crippen LogP contribution in [0, 0.1) is 6.92 Å². The Hall–Kier alpha value is -1.24. The molecule has 0 fully saturated rings. The van der Waals surface area contributed by atoms with E-state index in [-0.39, 0.29) is 24.0 Å². The van der Waals surface area contributed by atoms with Crippen molar-refractivity contribution in [2.24, 2.45) is 4.99 Å². The number of nitrogens with one attached hydrogen (secondary N) is 2. The van der Waals surface area contributed by atoms with Gasteiger partial charge in [-0.3, -0.25) is 4.99 Å². The van der Waals surface area contributed by atoms with Crippen LogP contribution in [-0.4, -0.2) is 32.7 Å². The second kappa shape index (κ2) is 9.71. The van der Waals surface area contributed by atoms with E-state index in [4.69, 9.17) is 4.74 Å². The molecule has 0 saturated carbocycles. The van der Waals surface area contributed by atoms with E-state index in [1.165, 1.54) is 11.1 Å². The Bertz CT molecular complexity index is 521. The Balaban J connectivity index is 0.00000242. The lowest BCUT2D eigenvalue weighted by Gasteiger charge is -2.17. The summed E-state index contributed by atoms with van der Waals surface area (Å²) in [5.74, 6) is 1.83. The molecule has 2 N–H and O–H groups in total. The molecule has 4 nitrogen and oxygen atoms in total. The fraction of sp³-hybridized carbons (Fsp3) is 0.471. The number of hydrogen-bond acceptors (Lipinski definition) is 2. The van der Waals surface area contributed by atoms with Crippen LogP contribution in [0.5, 0.6) is 5.75 Å². The maximum atomic E-state index is 5.36. The zero-order valence-electron chi connectivity index (χ0n) is 13.6. The highest BCUT2D eigenvalue weighted by molar-refractivity contribution is 14.0. The molecule has 1 aliphatic rings. The maximum Gasteiger partial charge on any atom is 0.191 e. The zero-order chi connectivity index (χ0) is 15.1. The largest absolute Gasteiger partial charge is 0.496 e. The molecule has 122 valence electrons. The average molecular weight is 415 g/mol. The van der Waals surface area contributed by atoms with E-state index in [2.05, 4.69) is 52.9 Å². The highest BCUT2D eigenvalue weighted by Gasteiger charge is 2.11. The highest BCUT2D eigenvalue weighted by Crippen LogP contribution is 2.19. The average Bonchev–Trinajstić information content (AvgIpc) is 3.00.